The van der Waals surface area contributed by atoms with Crippen LogP contribution in [0.1, 0.15) is 29.7 Å². The Morgan fingerprint density at radius 3 is 2.14 bits per heavy atom. The zero-order valence-electron chi connectivity index (χ0n) is 23.1. The predicted molar refractivity (Wildman–Crippen MR) is 158 cm³/mol. The molecule has 0 aliphatic carbocycles. The second kappa shape index (κ2) is 12.5. The highest BCUT2D eigenvalue weighted by molar-refractivity contribution is 8.00. The molecular weight excluding hydrogens is 592 g/mol. The average molecular weight is 617 g/mol. The highest BCUT2D eigenvalue weighted by Gasteiger charge is 2.75. The zero-order chi connectivity index (χ0) is 31.4. The molecule has 3 aromatic rings. The van der Waals surface area contributed by atoms with Crippen molar-refractivity contribution in [1.82, 2.24) is 4.90 Å². The molecule has 0 saturated carbocycles. The summed E-state index contributed by atoms with van der Waals surface area (Å²) < 4.78 is 11.1. The van der Waals surface area contributed by atoms with Crippen molar-refractivity contribution in [3.8, 4) is 0 Å². The number of hydrogen-bond donors (Lipinski definition) is 0. The number of nitrogens with zero attached hydrogens (tertiary/aromatic N) is 4. The second-order valence-electron chi connectivity index (χ2n) is 9.77. The fraction of sp³-hybridized carbons (Fsp3) is 0.200. The molecule has 0 unspecified atom stereocenters. The standard InChI is InChI=1S/C30H24N4O9S/c1-19(35)42-17-23-18-44-29-30(34(40)41,31-16-20-12-14-24(15-13-20)33(38)39)28(37)32(29)25(23)27(36)43-26(21-8-4-2-5-9-21)22-10-6-3-7-11-22/h2-16,26,29H,17-18H2,1H3/t29-,30-/m1/s1. The van der Waals surface area contributed by atoms with Gasteiger partial charge in [0, 0.05) is 36.6 Å². The van der Waals surface area contributed by atoms with E-state index in [2.05, 4.69) is 4.99 Å². The van der Waals surface area contributed by atoms with Crippen LogP contribution in [-0.2, 0) is 23.9 Å². The minimum atomic E-state index is -2.47. The fourth-order valence-electron chi connectivity index (χ4n) is 4.81. The number of ether oxygens (including phenoxy) is 2. The first-order valence-corrected chi connectivity index (χ1v) is 14.2. The van der Waals surface area contributed by atoms with Crippen LogP contribution in [0.4, 0.5) is 5.69 Å². The van der Waals surface area contributed by atoms with Crippen LogP contribution in [0.3, 0.4) is 0 Å². The molecule has 1 saturated heterocycles. The van der Waals surface area contributed by atoms with Crippen molar-refractivity contribution in [2.24, 2.45) is 4.99 Å². The van der Waals surface area contributed by atoms with Crippen LogP contribution in [0.25, 0.3) is 0 Å². The van der Waals surface area contributed by atoms with Crippen molar-refractivity contribution in [1.29, 1.82) is 0 Å². The van der Waals surface area contributed by atoms with Crippen molar-refractivity contribution < 1.29 is 33.7 Å². The van der Waals surface area contributed by atoms with E-state index >= 15 is 0 Å². The summed E-state index contributed by atoms with van der Waals surface area (Å²) in [6.45, 7) is 0.861. The Balaban J connectivity index is 1.50. The van der Waals surface area contributed by atoms with E-state index in [0.717, 1.165) is 22.9 Å². The van der Waals surface area contributed by atoms with Crippen LogP contribution < -0.4 is 0 Å². The number of β-lactam (4-membered cyclic amide) rings is 1. The predicted octanol–water partition coefficient (Wildman–Crippen LogP) is 4.05. The summed E-state index contributed by atoms with van der Waals surface area (Å²) in [6.07, 6.45) is 0.219. The van der Waals surface area contributed by atoms with Gasteiger partial charge in [0.25, 0.3) is 5.69 Å². The summed E-state index contributed by atoms with van der Waals surface area (Å²) in [5.74, 6) is -2.62. The van der Waals surface area contributed by atoms with Crippen LogP contribution in [-0.4, -0.2) is 62.2 Å². The Labute approximate surface area is 254 Å². The number of carbonyl (C=O) groups is 3. The lowest BCUT2D eigenvalue weighted by molar-refractivity contribution is -0.565. The quantitative estimate of drug-likeness (QED) is 0.106. The third-order valence-electron chi connectivity index (χ3n) is 6.97. The minimum absolute atomic E-state index is 0.0101. The van der Waals surface area contributed by atoms with Gasteiger partial charge in [-0.15, -0.1) is 11.8 Å². The van der Waals surface area contributed by atoms with E-state index in [1.807, 2.05) is 12.1 Å². The van der Waals surface area contributed by atoms with Gasteiger partial charge in [-0.3, -0.25) is 34.7 Å². The summed E-state index contributed by atoms with van der Waals surface area (Å²) >= 11 is 0.989. The van der Waals surface area contributed by atoms with Gasteiger partial charge in [0.15, 0.2) is 11.5 Å². The summed E-state index contributed by atoms with van der Waals surface area (Å²) in [5, 5.41) is 22.1. The lowest BCUT2D eigenvalue weighted by Gasteiger charge is -2.49. The molecule has 2 atom stereocenters. The Hall–Kier alpha value is -5.37. The summed E-state index contributed by atoms with van der Waals surface area (Å²) in [5.41, 5.74) is -1.06. The van der Waals surface area contributed by atoms with Gasteiger partial charge in [-0.05, 0) is 28.8 Å². The topological polar surface area (TPSA) is 172 Å². The molecule has 2 heterocycles. The van der Waals surface area contributed by atoms with Gasteiger partial charge >= 0.3 is 23.5 Å². The third kappa shape index (κ3) is 5.66. The van der Waals surface area contributed by atoms with E-state index < -0.39 is 44.8 Å². The first-order chi connectivity index (χ1) is 21.1. The lowest BCUT2D eigenvalue weighted by Crippen LogP contribution is -2.76. The molecule has 0 aromatic heterocycles. The SMILES string of the molecule is CC(=O)OCC1=C(C(=O)OC(c2ccccc2)c2ccccc2)N2C(=O)[C@@](N=Cc3ccc([N+](=O)[O-])cc3)([N+](=O)[O-])[C@H]2SC1. The largest absolute Gasteiger partial charge is 0.461 e. The van der Waals surface area contributed by atoms with Crippen LogP contribution in [0.5, 0.6) is 0 Å². The number of fused-ring (bicyclic) bond motifs is 1. The number of rotatable bonds is 10. The molecule has 0 N–H and O–H groups in total. The van der Waals surface area contributed by atoms with Crippen molar-refractivity contribution >= 4 is 41.5 Å². The normalized spacial score (nSPS) is 19.4. The number of carbonyl (C=O) groups excluding carboxylic acids is 3. The van der Waals surface area contributed by atoms with Gasteiger partial charge in [0.1, 0.15) is 12.3 Å². The number of hydrogen-bond acceptors (Lipinski definition) is 11. The molecule has 44 heavy (non-hydrogen) atoms. The summed E-state index contributed by atoms with van der Waals surface area (Å²) in [6, 6.07) is 23.0. The smallest absolute Gasteiger partial charge is 0.421 e. The number of nitro groups is 2. The van der Waals surface area contributed by atoms with Gasteiger partial charge in [0.05, 0.1) is 9.85 Å². The number of benzene rings is 3. The van der Waals surface area contributed by atoms with Crippen LogP contribution in [0.2, 0.25) is 0 Å². The Morgan fingerprint density at radius 1 is 1.02 bits per heavy atom. The molecule has 3 aromatic carbocycles. The zero-order valence-corrected chi connectivity index (χ0v) is 23.9. The molecule has 224 valence electrons. The Morgan fingerprint density at radius 2 is 1.61 bits per heavy atom. The molecule has 5 rings (SSSR count). The molecule has 0 spiro atoms. The molecule has 2 aliphatic heterocycles. The first-order valence-electron chi connectivity index (χ1n) is 13.2. The van der Waals surface area contributed by atoms with Gasteiger partial charge < -0.3 is 9.47 Å². The number of aliphatic imine (C=N–C) groups is 1. The molecular formula is C30H24N4O9S. The third-order valence-corrected chi connectivity index (χ3v) is 8.34. The maximum atomic E-state index is 13.9. The van der Waals surface area contributed by atoms with E-state index in [4.69, 9.17) is 9.47 Å². The second-order valence-corrected chi connectivity index (χ2v) is 10.8. The fourth-order valence-corrected chi connectivity index (χ4v) is 6.22. The maximum Gasteiger partial charge on any atom is 0.421 e. The Bertz CT molecular complexity index is 1640. The molecule has 0 bridgehead atoms. The van der Waals surface area contributed by atoms with Gasteiger partial charge in [-0.2, -0.15) is 0 Å². The number of nitro benzene ring substituents is 1. The van der Waals surface area contributed by atoms with E-state index in [0.29, 0.717) is 16.7 Å². The summed E-state index contributed by atoms with van der Waals surface area (Å²) in [4.78, 5) is 66.2. The van der Waals surface area contributed by atoms with Gasteiger partial charge in [-0.25, -0.2) is 9.79 Å². The molecule has 0 radical (unpaired) electrons. The highest BCUT2D eigenvalue weighted by atomic mass is 32.2. The number of non-ortho nitro benzene ring substituents is 1. The van der Waals surface area contributed by atoms with E-state index in [1.54, 1.807) is 48.5 Å². The Kier molecular flexibility index (Phi) is 8.53. The van der Waals surface area contributed by atoms with Gasteiger partial charge in [-0.1, -0.05) is 60.7 Å². The van der Waals surface area contributed by atoms with Crippen LogP contribution in [0, 0.1) is 20.2 Å². The molecule has 13 nitrogen and oxygen atoms in total. The van der Waals surface area contributed by atoms with Gasteiger partial charge in [0.2, 0.25) is 0 Å². The van der Waals surface area contributed by atoms with E-state index in [-0.39, 0.29) is 29.3 Å². The number of amides is 1. The number of thioether (sulfide) groups is 1. The molecule has 2 aliphatic rings. The lowest BCUT2D eigenvalue weighted by atomic mass is 9.96. The number of esters is 2. The summed E-state index contributed by atoms with van der Waals surface area (Å²) in [7, 11) is 0. The van der Waals surface area contributed by atoms with Crippen molar-refractivity contribution in [3.05, 3.63) is 133 Å². The minimum Gasteiger partial charge on any atom is -0.461 e. The average Bonchev–Trinajstić information content (AvgIpc) is 3.03. The van der Waals surface area contributed by atoms with E-state index in [1.165, 1.54) is 31.2 Å². The first kappa shape index (κ1) is 30.1. The monoisotopic (exact) mass is 616 g/mol. The van der Waals surface area contributed by atoms with E-state index in [9.17, 15) is 34.6 Å². The molecule has 14 heteroatoms. The van der Waals surface area contributed by atoms with Crippen molar-refractivity contribution in [3.63, 3.8) is 0 Å². The van der Waals surface area contributed by atoms with Crippen LogP contribution >= 0.6 is 11.8 Å². The van der Waals surface area contributed by atoms with Crippen molar-refractivity contribution in [2.45, 2.75) is 24.1 Å². The maximum absolute atomic E-state index is 13.9. The van der Waals surface area contributed by atoms with Crippen LogP contribution in [0.15, 0.2) is 101 Å². The molecule has 1 fully saturated rings. The molecule has 1 amide bonds. The van der Waals surface area contributed by atoms with Crippen molar-refractivity contribution in [2.75, 3.05) is 12.4 Å². The highest BCUT2D eigenvalue weighted by Crippen LogP contribution is 2.49.